The van der Waals surface area contributed by atoms with Crippen LogP contribution in [0.3, 0.4) is 0 Å². The van der Waals surface area contributed by atoms with Crippen molar-refractivity contribution < 1.29 is 18.3 Å². The van der Waals surface area contributed by atoms with Crippen molar-refractivity contribution >= 4 is 47.3 Å². The van der Waals surface area contributed by atoms with E-state index in [0.717, 1.165) is 12.1 Å². The maximum absolute atomic E-state index is 12.7. The molecule has 1 atom stereocenters. The number of pyridine rings is 1. The summed E-state index contributed by atoms with van der Waals surface area (Å²) < 4.78 is 30.0. The van der Waals surface area contributed by atoms with Crippen LogP contribution in [0.2, 0.25) is 0 Å². The molecule has 33 heavy (non-hydrogen) atoms. The van der Waals surface area contributed by atoms with Gasteiger partial charge in [0, 0.05) is 44.8 Å². The number of aryl methyl sites for hydroxylation is 1. The van der Waals surface area contributed by atoms with Crippen LogP contribution in [-0.4, -0.2) is 56.2 Å². The zero-order valence-corrected chi connectivity index (χ0v) is 20.9. The molecular formula is C22H29F2IN6O2. The third kappa shape index (κ3) is 8.30. The van der Waals surface area contributed by atoms with E-state index in [2.05, 4.69) is 30.7 Å². The van der Waals surface area contributed by atoms with Gasteiger partial charge < -0.3 is 25.6 Å². The van der Waals surface area contributed by atoms with Gasteiger partial charge in [-0.05, 0) is 37.6 Å². The Morgan fingerprint density at radius 1 is 1.27 bits per heavy atom. The quantitative estimate of drug-likeness (QED) is 0.255. The van der Waals surface area contributed by atoms with Gasteiger partial charge in [0.1, 0.15) is 11.6 Å². The van der Waals surface area contributed by atoms with Crippen LogP contribution in [0.25, 0.3) is 0 Å². The van der Waals surface area contributed by atoms with E-state index in [4.69, 9.17) is 0 Å². The van der Waals surface area contributed by atoms with Gasteiger partial charge in [-0.15, -0.1) is 24.0 Å². The van der Waals surface area contributed by atoms with Crippen LogP contribution in [0.15, 0.2) is 47.5 Å². The summed E-state index contributed by atoms with van der Waals surface area (Å²) in [4.78, 5) is 22.6. The Bertz CT molecular complexity index is 947. The number of ether oxygens (including phenoxy) is 1. The fraction of sp³-hybridized carbons (Fsp3) is 0.409. The van der Waals surface area contributed by atoms with Gasteiger partial charge in [-0.3, -0.25) is 9.79 Å². The molecule has 1 aromatic carbocycles. The normalized spacial score (nSPS) is 15.7. The summed E-state index contributed by atoms with van der Waals surface area (Å²) in [6.45, 7) is 0.712. The lowest BCUT2D eigenvalue weighted by atomic mass is 10.2. The molecule has 2 aromatic rings. The number of anilines is 2. The molecule has 1 fully saturated rings. The number of carbonyl (C=O) groups excluding carboxylic acids is 1. The predicted octanol–water partition coefficient (Wildman–Crippen LogP) is 3.38. The molecule has 1 aliphatic rings. The number of amides is 1. The molecular weight excluding hydrogens is 545 g/mol. The number of guanidine groups is 1. The second kappa shape index (κ2) is 13.1. The van der Waals surface area contributed by atoms with E-state index in [1.807, 2.05) is 24.0 Å². The Hall–Kier alpha value is -2.70. The van der Waals surface area contributed by atoms with Crippen LogP contribution in [0.1, 0.15) is 18.5 Å². The number of alkyl halides is 2. The highest BCUT2D eigenvalue weighted by Gasteiger charge is 2.26. The van der Waals surface area contributed by atoms with Crippen LogP contribution >= 0.6 is 24.0 Å². The lowest BCUT2D eigenvalue weighted by molar-refractivity contribution is -0.116. The molecule has 0 aliphatic carbocycles. The highest BCUT2D eigenvalue weighted by atomic mass is 127. The number of rotatable bonds is 8. The summed E-state index contributed by atoms with van der Waals surface area (Å²) in [5, 5.41) is 9.22. The molecule has 0 saturated carbocycles. The van der Waals surface area contributed by atoms with E-state index < -0.39 is 6.61 Å². The van der Waals surface area contributed by atoms with E-state index in [1.54, 1.807) is 37.4 Å². The van der Waals surface area contributed by atoms with Gasteiger partial charge >= 0.3 is 6.61 Å². The molecule has 1 saturated heterocycles. The number of hydrogen-bond donors (Lipinski definition) is 3. The number of aromatic nitrogens is 1. The minimum atomic E-state index is -2.87. The van der Waals surface area contributed by atoms with Crippen molar-refractivity contribution in [2.75, 3.05) is 36.9 Å². The molecule has 1 aromatic heterocycles. The third-order valence-corrected chi connectivity index (χ3v) is 4.98. The Morgan fingerprint density at radius 3 is 2.79 bits per heavy atom. The van der Waals surface area contributed by atoms with Crippen LogP contribution in [0.4, 0.5) is 20.3 Å². The number of carbonyl (C=O) groups is 1. The van der Waals surface area contributed by atoms with E-state index >= 15 is 0 Å². The van der Waals surface area contributed by atoms with Gasteiger partial charge in [0.25, 0.3) is 0 Å². The maximum atomic E-state index is 12.7. The highest BCUT2D eigenvalue weighted by molar-refractivity contribution is 14.0. The first kappa shape index (κ1) is 26.6. The fourth-order valence-corrected chi connectivity index (χ4v) is 3.51. The molecule has 0 bridgehead atoms. The first-order valence-electron chi connectivity index (χ1n) is 10.4. The fourth-order valence-electron chi connectivity index (χ4n) is 3.51. The molecule has 2 heterocycles. The molecule has 1 unspecified atom stereocenters. The van der Waals surface area contributed by atoms with Gasteiger partial charge in [-0.2, -0.15) is 8.78 Å². The van der Waals surface area contributed by atoms with Gasteiger partial charge in [-0.1, -0.05) is 18.2 Å². The first-order valence-corrected chi connectivity index (χ1v) is 10.4. The molecule has 1 aliphatic heterocycles. The summed E-state index contributed by atoms with van der Waals surface area (Å²) >= 11 is 0. The number of halogens is 3. The Kier molecular flexibility index (Phi) is 10.6. The van der Waals surface area contributed by atoms with Crippen LogP contribution < -0.4 is 25.6 Å². The van der Waals surface area contributed by atoms with Crippen LogP contribution in [0.5, 0.6) is 5.75 Å². The standard InChI is InChI=1S/C22H28F2N6O2.HI/c1-15-6-5-9-19(27-15)29-20(31)10-12-26-22(25-2)28-16-11-13-30(14-16)17-7-3-4-8-18(17)32-21(23)24;/h3-9,16,21H,10-14H2,1-2H3,(H2,25,26,28)(H,27,29,31);1H. The maximum Gasteiger partial charge on any atom is 0.387 e. The van der Waals surface area contributed by atoms with Crippen molar-refractivity contribution in [3.8, 4) is 5.75 Å². The number of hydrogen-bond acceptors (Lipinski definition) is 5. The largest absolute Gasteiger partial charge is 0.433 e. The number of para-hydroxylation sites is 2. The summed E-state index contributed by atoms with van der Waals surface area (Å²) in [7, 11) is 1.66. The monoisotopic (exact) mass is 574 g/mol. The van der Waals surface area contributed by atoms with Gasteiger partial charge in [0.05, 0.1) is 5.69 Å². The number of aliphatic imine (C=N–C) groups is 1. The molecule has 180 valence electrons. The smallest absolute Gasteiger partial charge is 0.387 e. The van der Waals surface area contributed by atoms with Crippen molar-refractivity contribution in [1.29, 1.82) is 0 Å². The summed E-state index contributed by atoms with van der Waals surface area (Å²) in [5.74, 6) is 1.13. The Balaban J connectivity index is 0.00000385. The van der Waals surface area contributed by atoms with E-state index in [9.17, 15) is 13.6 Å². The Labute approximate surface area is 209 Å². The summed E-state index contributed by atoms with van der Waals surface area (Å²) in [5.41, 5.74) is 1.47. The minimum absolute atomic E-state index is 0. The number of benzene rings is 1. The topological polar surface area (TPSA) is 90.9 Å². The molecule has 3 N–H and O–H groups in total. The molecule has 0 radical (unpaired) electrons. The molecule has 11 heteroatoms. The summed E-state index contributed by atoms with van der Waals surface area (Å²) in [6, 6.07) is 12.3. The average Bonchev–Trinajstić information content (AvgIpc) is 3.21. The average molecular weight is 574 g/mol. The zero-order chi connectivity index (χ0) is 22.9. The molecule has 8 nitrogen and oxygen atoms in total. The van der Waals surface area contributed by atoms with Gasteiger partial charge in [0.2, 0.25) is 5.91 Å². The summed E-state index contributed by atoms with van der Waals surface area (Å²) in [6.07, 6.45) is 1.06. The second-order valence-electron chi connectivity index (χ2n) is 7.38. The third-order valence-electron chi connectivity index (χ3n) is 4.98. The lowest BCUT2D eigenvalue weighted by Gasteiger charge is -2.22. The highest BCUT2D eigenvalue weighted by Crippen LogP contribution is 2.31. The van der Waals surface area contributed by atoms with Crippen LogP contribution in [-0.2, 0) is 4.79 Å². The van der Waals surface area contributed by atoms with Crippen molar-refractivity contribution in [1.82, 2.24) is 15.6 Å². The van der Waals surface area contributed by atoms with Gasteiger partial charge in [-0.25, -0.2) is 4.98 Å². The lowest BCUT2D eigenvalue weighted by Crippen LogP contribution is -2.45. The van der Waals surface area contributed by atoms with E-state index in [0.29, 0.717) is 37.1 Å². The predicted molar refractivity (Wildman–Crippen MR) is 136 cm³/mol. The Morgan fingerprint density at radius 2 is 2.06 bits per heavy atom. The first-order chi connectivity index (χ1) is 15.4. The van der Waals surface area contributed by atoms with E-state index in [1.165, 1.54) is 0 Å². The van der Waals surface area contributed by atoms with Crippen molar-refractivity contribution in [3.05, 3.63) is 48.2 Å². The molecule has 0 spiro atoms. The van der Waals surface area contributed by atoms with Crippen LogP contribution in [0, 0.1) is 6.92 Å². The molecule has 1 amide bonds. The minimum Gasteiger partial charge on any atom is -0.433 e. The van der Waals surface area contributed by atoms with E-state index in [-0.39, 0.29) is 48.1 Å². The SMILES string of the molecule is CN=C(NCCC(=O)Nc1cccc(C)n1)NC1CCN(c2ccccc2OC(F)F)C1.I. The van der Waals surface area contributed by atoms with Crippen molar-refractivity contribution in [2.24, 2.45) is 4.99 Å². The number of nitrogens with zero attached hydrogens (tertiary/aromatic N) is 3. The van der Waals surface area contributed by atoms with Crippen molar-refractivity contribution in [3.63, 3.8) is 0 Å². The second-order valence-corrected chi connectivity index (χ2v) is 7.38. The zero-order valence-electron chi connectivity index (χ0n) is 18.6. The number of nitrogens with one attached hydrogen (secondary N) is 3. The van der Waals surface area contributed by atoms with Crippen molar-refractivity contribution in [2.45, 2.75) is 32.4 Å². The van der Waals surface area contributed by atoms with Gasteiger partial charge in [0.15, 0.2) is 5.96 Å². The molecule has 3 rings (SSSR count).